The molecule has 2 amide bonds. The first kappa shape index (κ1) is 25.3. The van der Waals surface area contributed by atoms with Crippen LogP contribution in [0.5, 0.6) is 0 Å². The van der Waals surface area contributed by atoms with E-state index in [9.17, 15) is 18.0 Å². The molecule has 0 radical (unpaired) electrons. The van der Waals surface area contributed by atoms with Crippen molar-refractivity contribution in [1.29, 1.82) is 0 Å². The number of nitrogens with zero attached hydrogens (tertiary/aromatic N) is 3. The number of benzene rings is 1. The Bertz CT molecular complexity index is 916. The maximum absolute atomic E-state index is 13.2. The predicted octanol–water partition coefficient (Wildman–Crippen LogP) is 3.60. The van der Waals surface area contributed by atoms with E-state index in [1.165, 1.54) is 12.1 Å². The Labute approximate surface area is 197 Å². The summed E-state index contributed by atoms with van der Waals surface area (Å²) in [7, 11) is 1.85. The molecule has 0 aliphatic carbocycles. The summed E-state index contributed by atoms with van der Waals surface area (Å²) in [5.74, 6) is -0.0895. The molecule has 2 fully saturated rings. The number of halogens is 4. The van der Waals surface area contributed by atoms with Gasteiger partial charge in [-0.2, -0.15) is 18.3 Å². The number of piperidine rings is 1. The second-order valence-electron chi connectivity index (χ2n) is 8.38. The third kappa shape index (κ3) is 5.99. The van der Waals surface area contributed by atoms with Gasteiger partial charge < -0.3 is 19.9 Å². The van der Waals surface area contributed by atoms with Crippen molar-refractivity contribution >= 4 is 18.4 Å². The highest BCUT2D eigenvalue weighted by Crippen LogP contribution is 2.37. The number of ether oxygens (including phenoxy) is 1. The summed E-state index contributed by atoms with van der Waals surface area (Å²) in [6.07, 6.45) is -3.66. The molecule has 2 saturated heterocycles. The zero-order chi connectivity index (χ0) is 22.7. The van der Waals surface area contributed by atoms with Crippen LogP contribution in [0.15, 0.2) is 30.3 Å². The Morgan fingerprint density at radius 3 is 2.45 bits per heavy atom. The molecule has 2 aliphatic heterocycles. The van der Waals surface area contributed by atoms with Crippen LogP contribution in [0, 0.1) is 0 Å². The topological polar surface area (TPSA) is 73.5 Å². The molecule has 2 N–H and O–H groups in total. The van der Waals surface area contributed by atoms with Gasteiger partial charge in [0.05, 0.1) is 24.5 Å². The van der Waals surface area contributed by atoms with Gasteiger partial charge in [-0.25, -0.2) is 4.79 Å². The van der Waals surface area contributed by atoms with Gasteiger partial charge in [0.15, 0.2) is 0 Å². The molecule has 1 aromatic heterocycles. The van der Waals surface area contributed by atoms with E-state index < -0.39 is 11.7 Å². The first-order chi connectivity index (χ1) is 15.3. The molecule has 2 atom stereocenters. The van der Waals surface area contributed by atoms with Crippen molar-refractivity contribution in [2.24, 2.45) is 0 Å². The van der Waals surface area contributed by atoms with Crippen LogP contribution in [0.1, 0.15) is 40.8 Å². The Hall–Kier alpha value is -2.30. The fraction of sp³-hybridized carbons (Fsp3) is 0.545. The average Bonchev–Trinajstić information content (AvgIpc) is 3.27. The highest BCUT2D eigenvalue weighted by atomic mass is 35.5. The second-order valence-corrected chi connectivity index (χ2v) is 8.38. The minimum atomic E-state index is -4.37. The zero-order valence-electron chi connectivity index (χ0n) is 18.4. The van der Waals surface area contributed by atoms with Crippen molar-refractivity contribution in [1.82, 2.24) is 25.3 Å². The molecule has 33 heavy (non-hydrogen) atoms. The summed E-state index contributed by atoms with van der Waals surface area (Å²) < 4.78 is 44.4. The van der Waals surface area contributed by atoms with E-state index in [1.54, 1.807) is 4.90 Å². The van der Waals surface area contributed by atoms with Gasteiger partial charge in [-0.1, -0.05) is 12.1 Å². The SMILES string of the molecule is CNCc1cc(C2CC(c3ccc(C(F)(F)F)cc3)CN(C(=O)N3CCOCC3)C2)n[nH]1.Cl. The Morgan fingerprint density at radius 1 is 1.15 bits per heavy atom. The van der Waals surface area contributed by atoms with Gasteiger partial charge in [-0.15, -0.1) is 12.4 Å². The Balaban J connectivity index is 0.00000306. The molecule has 11 heteroatoms. The van der Waals surface area contributed by atoms with Crippen LogP contribution in [0.2, 0.25) is 0 Å². The quantitative estimate of drug-likeness (QED) is 0.691. The summed E-state index contributed by atoms with van der Waals surface area (Å²) in [6, 6.07) is 7.24. The molecule has 7 nitrogen and oxygen atoms in total. The van der Waals surface area contributed by atoms with E-state index in [1.807, 2.05) is 18.0 Å². The zero-order valence-corrected chi connectivity index (χ0v) is 19.2. The number of rotatable bonds is 4. The summed E-state index contributed by atoms with van der Waals surface area (Å²) in [6.45, 7) is 3.75. The summed E-state index contributed by atoms with van der Waals surface area (Å²) in [5, 5.41) is 10.6. The van der Waals surface area contributed by atoms with Crippen LogP contribution in [-0.2, 0) is 17.5 Å². The number of carbonyl (C=O) groups excluding carboxylic acids is 1. The van der Waals surface area contributed by atoms with Crippen LogP contribution in [0.4, 0.5) is 18.0 Å². The van der Waals surface area contributed by atoms with Gasteiger partial charge >= 0.3 is 12.2 Å². The molecule has 0 bridgehead atoms. The number of likely N-dealkylation sites (tertiary alicyclic amines) is 1. The number of aromatic nitrogens is 2. The lowest BCUT2D eigenvalue weighted by Gasteiger charge is -2.40. The molecule has 2 aromatic rings. The number of urea groups is 1. The maximum Gasteiger partial charge on any atom is 0.416 e. The first-order valence-electron chi connectivity index (χ1n) is 10.8. The van der Waals surface area contributed by atoms with Gasteiger partial charge in [0, 0.05) is 50.3 Å². The molecule has 2 aliphatic rings. The maximum atomic E-state index is 13.2. The molecular weight excluding hydrogens is 459 g/mol. The number of morpholine rings is 1. The second kappa shape index (κ2) is 10.8. The monoisotopic (exact) mass is 487 g/mol. The first-order valence-corrected chi connectivity index (χ1v) is 10.8. The van der Waals surface area contributed by atoms with Gasteiger partial charge in [-0.3, -0.25) is 5.10 Å². The van der Waals surface area contributed by atoms with E-state index in [4.69, 9.17) is 4.74 Å². The third-order valence-corrected chi connectivity index (χ3v) is 6.15. The lowest BCUT2D eigenvalue weighted by molar-refractivity contribution is -0.137. The molecule has 2 unspecified atom stereocenters. The number of hydrogen-bond donors (Lipinski definition) is 2. The van der Waals surface area contributed by atoms with Crippen LogP contribution >= 0.6 is 12.4 Å². The smallest absolute Gasteiger partial charge is 0.378 e. The fourth-order valence-corrected chi connectivity index (χ4v) is 4.48. The number of aromatic amines is 1. The van der Waals surface area contributed by atoms with E-state index in [0.717, 1.165) is 29.1 Å². The van der Waals surface area contributed by atoms with Crippen molar-refractivity contribution in [2.45, 2.75) is 31.0 Å². The van der Waals surface area contributed by atoms with Gasteiger partial charge in [0.1, 0.15) is 0 Å². The third-order valence-electron chi connectivity index (χ3n) is 6.15. The number of carbonyl (C=O) groups is 1. The molecule has 182 valence electrons. The fourth-order valence-electron chi connectivity index (χ4n) is 4.48. The van der Waals surface area contributed by atoms with Crippen molar-refractivity contribution in [3.63, 3.8) is 0 Å². The molecular formula is C22H29ClF3N5O2. The largest absolute Gasteiger partial charge is 0.416 e. The highest BCUT2D eigenvalue weighted by Gasteiger charge is 2.36. The molecule has 3 heterocycles. The lowest BCUT2D eigenvalue weighted by atomic mass is 9.83. The van der Waals surface area contributed by atoms with Crippen molar-refractivity contribution < 1.29 is 22.7 Å². The van der Waals surface area contributed by atoms with Gasteiger partial charge in [0.2, 0.25) is 0 Å². The van der Waals surface area contributed by atoms with E-state index >= 15 is 0 Å². The number of amides is 2. The summed E-state index contributed by atoms with van der Waals surface area (Å²) >= 11 is 0. The molecule has 1 aromatic carbocycles. The molecule has 4 rings (SSSR count). The molecule has 0 saturated carbocycles. The molecule has 0 spiro atoms. The number of H-pyrrole nitrogens is 1. The number of hydrogen-bond acceptors (Lipinski definition) is 4. The van der Waals surface area contributed by atoms with Crippen molar-refractivity contribution in [3.05, 3.63) is 52.8 Å². The van der Waals surface area contributed by atoms with Crippen LogP contribution < -0.4 is 5.32 Å². The van der Waals surface area contributed by atoms with E-state index in [-0.39, 0.29) is 30.3 Å². The van der Waals surface area contributed by atoms with Gasteiger partial charge in [-0.05, 0) is 37.2 Å². The normalized spacial score (nSPS) is 21.6. The lowest BCUT2D eigenvalue weighted by Crippen LogP contribution is -2.52. The standard InChI is InChI=1S/C22H28F3N5O2.ClH/c1-26-12-19-11-20(28-27-19)17-10-16(15-2-4-18(5-3-15)22(23,24)25)13-30(14-17)21(31)29-6-8-32-9-7-29;/h2-5,11,16-17,26H,6-10,12-14H2,1H3,(H,27,28);1H. The Kier molecular flexibility index (Phi) is 8.25. The van der Waals surface area contributed by atoms with E-state index in [2.05, 4.69) is 15.5 Å². The van der Waals surface area contributed by atoms with Gasteiger partial charge in [0.25, 0.3) is 0 Å². The van der Waals surface area contributed by atoms with Crippen LogP contribution in [-0.4, -0.2) is 72.5 Å². The summed E-state index contributed by atoms with van der Waals surface area (Å²) in [4.78, 5) is 16.8. The van der Waals surface area contributed by atoms with Crippen LogP contribution in [0.25, 0.3) is 0 Å². The number of nitrogens with one attached hydrogen (secondary N) is 2. The predicted molar refractivity (Wildman–Crippen MR) is 120 cm³/mol. The highest BCUT2D eigenvalue weighted by molar-refractivity contribution is 5.85. The van der Waals surface area contributed by atoms with E-state index in [0.29, 0.717) is 52.4 Å². The van der Waals surface area contributed by atoms with Crippen molar-refractivity contribution in [3.8, 4) is 0 Å². The minimum Gasteiger partial charge on any atom is -0.378 e. The number of alkyl halides is 3. The average molecular weight is 488 g/mol. The summed E-state index contributed by atoms with van der Waals surface area (Å²) in [5.41, 5.74) is 1.95. The van der Waals surface area contributed by atoms with Crippen LogP contribution in [0.3, 0.4) is 0 Å². The van der Waals surface area contributed by atoms with Crippen molar-refractivity contribution in [2.75, 3.05) is 46.4 Å². The minimum absolute atomic E-state index is 0. The Morgan fingerprint density at radius 2 is 1.82 bits per heavy atom.